The number of benzene rings is 1. The van der Waals surface area contributed by atoms with Gasteiger partial charge in [-0.2, -0.15) is 0 Å². The summed E-state index contributed by atoms with van der Waals surface area (Å²) >= 11 is 1.42. The zero-order chi connectivity index (χ0) is 13.7. The number of hydrogen-bond donors (Lipinski definition) is 2. The van der Waals surface area contributed by atoms with E-state index in [9.17, 15) is 9.90 Å². The molecule has 0 spiro atoms. The van der Waals surface area contributed by atoms with E-state index >= 15 is 0 Å². The molecular formula is C15H17NO2S. The molecule has 0 aliphatic rings. The molecule has 3 nitrogen and oxygen atoms in total. The van der Waals surface area contributed by atoms with E-state index in [-0.39, 0.29) is 5.91 Å². The molecule has 2 rings (SSSR count). The summed E-state index contributed by atoms with van der Waals surface area (Å²) in [7, 11) is 0. The van der Waals surface area contributed by atoms with Gasteiger partial charge in [0, 0.05) is 12.1 Å². The van der Waals surface area contributed by atoms with Crippen LogP contribution in [-0.4, -0.2) is 23.7 Å². The number of hydrogen-bond acceptors (Lipinski definition) is 3. The smallest absolute Gasteiger partial charge is 0.262 e. The summed E-state index contributed by atoms with van der Waals surface area (Å²) in [6.07, 6.45) is 0.153. The van der Waals surface area contributed by atoms with Crippen molar-refractivity contribution in [3.8, 4) is 11.1 Å². The molecule has 1 heterocycles. The Morgan fingerprint density at radius 1 is 1.32 bits per heavy atom. The highest BCUT2D eigenvalue weighted by atomic mass is 32.1. The summed E-state index contributed by atoms with van der Waals surface area (Å²) in [4.78, 5) is 12.8. The highest BCUT2D eigenvalue weighted by molar-refractivity contribution is 7.12. The largest absolute Gasteiger partial charge is 0.391 e. The van der Waals surface area contributed by atoms with Gasteiger partial charge in [-0.25, -0.2) is 0 Å². The fraction of sp³-hybridized carbons (Fsp3) is 0.267. The molecule has 0 aliphatic heterocycles. The Balaban J connectivity index is 2.14. The lowest BCUT2D eigenvalue weighted by atomic mass is 10.1. The van der Waals surface area contributed by atoms with Gasteiger partial charge in [-0.1, -0.05) is 37.3 Å². The third-order valence-corrected chi connectivity index (χ3v) is 3.84. The second-order valence-corrected chi connectivity index (χ2v) is 5.22. The summed E-state index contributed by atoms with van der Waals surface area (Å²) in [5, 5.41) is 14.2. The van der Waals surface area contributed by atoms with Gasteiger partial charge in [-0.3, -0.25) is 4.79 Å². The molecule has 4 heteroatoms. The van der Waals surface area contributed by atoms with E-state index in [0.717, 1.165) is 11.1 Å². The van der Waals surface area contributed by atoms with Gasteiger partial charge < -0.3 is 10.4 Å². The number of aliphatic hydroxyl groups is 1. The predicted octanol–water partition coefficient (Wildman–Crippen LogP) is 2.92. The summed E-state index contributed by atoms with van der Waals surface area (Å²) in [5.74, 6) is -0.124. The molecule has 0 saturated carbocycles. The normalized spacial score (nSPS) is 12.1. The Morgan fingerprint density at radius 2 is 2.05 bits per heavy atom. The van der Waals surface area contributed by atoms with Crippen molar-refractivity contribution in [2.24, 2.45) is 0 Å². The molecule has 0 fully saturated rings. The molecule has 100 valence electrons. The summed E-state index contributed by atoms with van der Waals surface area (Å²) < 4.78 is 0. The Bertz CT molecular complexity index is 536. The number of thiophene rings is 1. The fourth-order valence-corrected chi connectivity index (χ4v) is 2.60. The average molecular weight is 275 g/mol. The van der Waals surface area contributed by atoms with Gasteiger partial charge >= 0.3 is 0 Å². The van der Waals surface area contributed by atoms with Crippen molar-refractivity contribution in [1.29, 1.82) is 0 Å². The van der Waals surface area contributed by atoms with Crippen LogP contribution in [0, 0.1) is 0 Å². The van der Waals surface area contributed by atoms with E-state index in [0.29, 0.717) is 17.8 Å². The molecule has 0 bridgehead atoms. The van der Waals surface area contributed by atoms with Crippen LogP contribution in [0.1, 0.15) is 23.0 Å². The molecule has 1 aromatic heterocycles. The number of carbonyl (C=O) groups excluding carboxylic acids is 1. The first-order chi connectivity index (χ1) is 9.22. The van der Waals surface area contributed by atoms with Crippen LogP contribution >= 0.6 is 11.3 Å². The van der Waals surface area contributed by atoms with E-state index < -0.39 is 6.10 Å². The monoisotopic (exact) mass is 275 g/mol. The standard InChI is InChI=1S/C15H17NO2S/c1-2-12(17)10-16-15(18)14-13(8-9-19-14)11-6-4-3-5-7-11/h3-9,12,17H,2,10H2,1H3,(H,16,18). The van der Waals surface area contributed by atoms with Gasteiger partial charge in [-0.05, 0) is 23.4 Å². The Kier molecular flexibility index (Phi) is 4.71. The van der Waals surface area contributed by atoms with Crippen molar-refractivity contribution in [1.82, 2.24) is 5.32 Å². The number of rotatable bonds is 5. The van der Waals surface area contributed by atoms with E-state index in [2.05, 4.69) is 5.32 Å². The van der Waals surface area contributed by atoms with Gasteiger partial charge in [-0.15, -0.1) is 11.3 Å². The molecule has 2 N–H and O–H groups in total. The maximum absolute atomic E-state index is 12.1. The topological polar surface area (TPSA) is 49.3 Å². The molecule has 0 aliphatic carbocycles. The van der Waals surface area contributed by atoms with Gasteiger partial charge in [0.1, 0.15) is 0 Å². The first-order valence-corrected chi connectivity index (χ1v) is 7.19. The second kappa shape index (κ2) is 6.50. The van der Waals surface area contributed by atoms with Crippen molar-refractivity contribution < 1.29 is 9.90 Å². The average Bonchev–Trinajstić information content (AvgIpc) is 2.94. The molecule has 1 aromatic carbocycles. The van der Waals surface area contributed by atoms with Crippen LogP contribution in [0.3, 0.4) is 0 Å². The fourth-order valence-electron chi connectivity index (χ4n) is 1.77. The molecule has 19 heavy (non-hydrogen) atoms. The lowest BCUT2D eigenvalue weighted by molar-refractivity contribution is 0.0918. The molecule has 1 amide bonds. The summed E-state index contributed by atoms with van der Waals surface area (Å²) in [6.45, 7) is 2.18. The highest BCUT2D eigenvalue weighted by Gasteiger charge is 2.14. The Hall–Kier alpha value is -1.65. The third kappa shape index (κ3) is 3.43. The maximum Gasteiger partial charge on any atom is 0.262 e. The quantitative estimate of drug-likeness (QED) is 0.881. The Labute approximate surface area is 116 Å². The number of carbonyl (C=O) groups is 1. The van der Waals surface area contributed by atoms with Crippen LogP contribution in [0.15, 0.2) is 41.8 Å². The molecule has 1 unspecified atom stereocenters. The molecule has 0 saturated heterocycles. The lowest BCUT2D eigenvalue weighted by Gasteiger charge is -2.09. The number of nitrogens with one attached hydrogen (secondary N) is 1. The highest BCUT2D eigenvalue weighted by Crippen LogP contribution is 2.27. The van der Waals surface area contributed by atoms with E-state index in [4.69, 9.17) is 0 Å². The van der Waals surface area contributed by atoms with Crippen LogP contribution in [0.5, 0.6) is 0 Å². The van der Waals surface area contributed by atoms with Gasteiger partial charge in [0.2, 0.25) is 0 Å². The van der Waals surface area contributed by atoms with Gasteiger partial charge in [0.15, 0.2) is 0 Å². The minimum absolute atomic E-state index is 0.124. The summed E-state index contributed by atoms with van der Waals surface area (Å²) in [6, 6.07) is 11.8. The summed E-state index contributed by atoms with van der Waals surface area (Å²) in [5.41, 5.74) is 1.97. The van der Waals surface area contributed by atoms with Crippen LogP contribution in [0.25, 0.3) is 11.1 Å². The second-order valence-electron chi connectivity index (χ2n) is 4.30. The molecule has 0 radical (unpaired) electrons. The number of amides is 1. The van der Waals surface area contributed by atoms with Gasteiger partial charge in [0.25, 0.3) is 5.91 Å². The molecular weight excluding hydrogens is 258 g/mol. The van der Waals surface area contributed by atoms with E-state index in [1.807, 2.05) is 48.7 Å². The van der Waals surface area contributed by atoms with Crippen LogP contribution in [-0.2, 0) is 0 Å². The third-order valence-electron chi connectivity index (χ3n) is 2.93. The molecule has 2 aromatic rings. The van der Waals surface area contributed by atoms with E-state index in [1.54, 1.807) is 0 Å². The van der Waals surface area contributed by atoms with Crippen LogP contribution < -0.4 is 5.32 Å². The van der Waals surface area contributed by atoms with Crippen molar-refractivity contribution >= 4 is 17.2 Å². The van der Waals surface area contributed by atoms with Crippen molar-refractivity contribution in [2.45, 2.75) is 19.4 Å². The zero-order valence-corrected chi connectivity index (χ0v) is 11.6. The lowest BCUT2D eigenvalue weighted by Crippen LogP contribution is -2.31. The van der Waals surface area contributed by atoms with Crippen LogP contribution in [0.2, 0.25) is 0 Å². The van der Waals surface area contributed by atoms with Crippen molar-refractivity contribution in [2.75, 3.05) is 6.54 Å². The first kappa shape index (κ1) is 13.8. The molecule has 1 atom stereocenters. The first-order valence-electron chi connectivity index (χ1n) is 6.31. The minimum atomic E-state index is -0.482. The number of aliphatic hydroxyl groups excluding tert-OH is 1. The zero-order valence-electron chi connectivity index (χ0n) is 10.8. The SMILES string of the molecule is CCC(O)CNC(=O)c1sccc1-c1ccccc1. The Morgan fingerprint density at radius 3 is 2.74 bits per heavy atom. The van der Waals surface area contributed by atoms with Crippen molar-refractivity contribution in [3.05, 3.63) is 46.7 Å². The maximum atomic E-state index is 12.1. The van der Waals surface area contributed by atoms with Crippen molar-refractivity contribution in [3.63, 3.8) is 0 Å². The van der Waals surface area contributed by atoms with Gasteiger partial charge in [0.05, 0.1) is 11.0 Å². The minimum Gasteiger partial charge on any atom is -0.391 e. The predicted molar refractivity (Wildman–Crippen MR) is 78.4 cm³/mol. The van der Waals surface area contributed by atoms with E-state index in [1.165, 1.54) is 11.3 Å². The van der Waals surface area contributed by atoms with Crippen LogP contribution in [0.4, 0.5) is 0 Å².